The Morgan fingerprint density at radius 2 is 1.12 bits per heavy atom. The third-order valence-electron chi connectivity index (χ3n) is 2.62. The number of hydrogen-bond acceptors (Lipinski definition) is 3. The predicted molar refractivity (Wildman–Crippen MR) is 69.8 cm³/mol. The van der Waals surface area contributed by atoms with Crippen molar-refractivity contribution in [1.29, 1.82) is 0 Å². The van der Waals surface area contributed by atoms with E-state index in [1.165, 1.54) is 0 Å². The zero-order valence-electron chi connectivity index (χ0n) is 11.5. The minimum absolute atomic E-state index is 0.442. The average Bonchev–Trinajstić information content (AvgIpc) is 2.19. The first-order chi connectivity index (χ1) is 7.52. The van der Waals surface area contributed by atoms with E-state index in [-0.39, 0.29) is 0 Å². The van der Waals surface area contributed by atoms with Crippen molar-refractivity contribution in [1.82, 2.24) is 9.80 Å². The van der Waals surface area contributed by atoms with Crippen LogP contribution in [0.3, 0.4) is 0 Å². The Morgan fingerprint density at radius 1 is 0.750 bits per heavy atom. The summed E-state index contributed by atoms with van der Waals surface area (Å²) in [6, 6.07) is 0. The highest BCUT2D eigenvalue weighted by Crippen LogP contribution is 2.04. The molecule has 3 heteroatoms. The second-order valence-electron chi connectivity index (χ2n) is 5.06. The maximum Gasteiger partial charge on any atom is 0.132 e. The van der Waals surface area contributed by atoms with Crippen molar-refractivity contribution in [3.05, 3.63) is 0 Å². The molecule has 0 aliphatic heterocycles. The van der Waals surface area contributed by atoms with Crippen LogP contribution in [-0.2, 0) is 4.79 Å². The van der Waals surface area contributed by atoms with Gasteiger partial charge in [-0.05, 0) is 67.0 Å². The molecule has 0 aliphatic rings. The van der Waals surface area contributed by atoms with Crippen LogP contribution in [-0.4, -0.2) is 56.9 Å². The van der Waals surface area contributed by atoms with Gasteiger partial charge in [0.15, 0.2) is 0 Å². The van der Waals surface area contributed by atoms with E-state index in [2.05, 4.69) is 38.0 Å². The van der Waals surface area contributed by atoms with Gasteiger partial charge in [-0.25, -0.2) is 0 Å². The summed E-state index contributed by atoms with van der Waals surface area (Å²) in [6.45, 7) is 2.18. The highest BCUT2D eigenvalue weighted by atomic mass is 16.1. The summed E-state index contributed by atoms with van der Waals surface area (Å²) >= 11 is 0. The molecule has 0 fully saturated rings. The molecule has 0 saturated carbocycles. The van der Waals surface area contributed by atoms with Crippen molar-refractivity contribution in [2.45, 2.75) is 38.5 Å². The number of unbranched alkanes of at least 4 members (excludes halogenated alkanes) is 2. The molecule has 0 rings (SSSR count). The van der Waals surface area contributed by atoms with Crippen LogP contribution in [0, 0.1) is 0 Å². The standard InChI is InChI=1S/C13H28N2O/c1-14(2)11-7-5-9-13(16)10-6-8-12-15(3)4/h5-12H2,1-4H3. The van der Waals surface area contributed by atoms with E-state index in [1.807, 2.05) is 0 Å². The van der Waals surface area contributed by atoms with Gasteiger partial charge in [0.1, 0.15) is 5.78 Å². The lowest BCUT2D eigenvalue weighted by Crippen LogP contribution is -2.14. The van der Waals surface area contributed by atoms with Gasteiger partial charge in [-0.2, -0.15) is 0 Å². The molecule has 0 aromatic carbocycles. The lowest BCUT2D eigenvalue weighted by molar-refractivity contribution is -0.119. The molecule has 16 heavy (non-hydrogen) atoms. The van der Waals surface area contributed by atoms with Gasteiger partial charge in [-0.1, -0.05) is 0 Å². The third kappa shape index (κ3) is 11.7. The minimum atomic E-state index is 0.442. The first-order valence-corrected chi connectivity index (χ1v) is 6.33. The Balaban J connectivity index is 3.25. The topological polar surface area (TPSA) is 23.6 Å². The minimum Gasteiger partial charge on any atom is -0.309 e. The fourth-order valence-electron chi connectivity index (χ4n) is 1.63. The van der Waals surface area contributed by atoms with Crippen molar-refractivity contribution >= 4 is 5.78 Å². The Hall–Kier alpha value is -0.410. The molecule has 0 amide bonds. The normalized spacial score (nSPS) is 11.4. The maximum atomic E-state index is 11.5. The van der Waals surface area contributed by atoms with Crippen LogP contribution in [0.5, 0.6) is 0 Å². The number of nitrogens with zero attached hydrogens (tertiary/aromatic N) is 2. The van der Waals surface area contributed by atoms with E-state index >= 15 is 0 Å². The molecule has 3 nitrogen and oxygen atoms in total. The van der Waals surface area contributed by atoms with Gasteiger partial charge >= 0.3 is 0 Å². The van der Waals surface area contributed by atoms with E-state index in [0.29, 0.717) is 5.78 Å². The van der Waals surface area contributed by atoms with Crippen LogP contribution in [0.4, 0.5) is 0 Å². The zero-order chi connectivity index (χ0) is 12.4. The Morgan fingerprint density at radius 3 is 1.44 bits per heavy atom. The van der Waals surface area contributed by atoms with Crippen molar-refractivity contribution in [3.8, 4) is 0 Å². The molecule has 0 heterocycles. The molecule has 0 bridgehead atoms. The SMILES string of the molecule is CN(C)CCCCC(=O)CCCCN(C)C. The Kier molecular flexibility index (Phi) is 9.54. The monoisotopic (exact) mass is 228 g/mol. The van der Waals surface area contributed by atoms with E-state index in [1.54, 1.807) is 0 Å². The molecule has 96 valence electrons. The highest BCUT2D eigenvalue weighted by molar-refractivity contribution is 5.78. The number of Topliss-reactive ketones (excluding diaryl/α,β-unsaturated/α-hetero) is 1. The van der Waals surface area contributed by atoms with Crippen molar-refractivity contribution in [3.63, 3.8) is 0 Å². The molecule has 0 unspecified atom stereocenters. The molecule has 0 saturated heterocycles. The molecule has 0 radical (unpaired) electrons. The van der Waals surface area contributed by atoms with E-state index in [4.69, 9.17) is 0 Å². The summed E-state index contributed by atoms with van der Waals surface area (Å²) in [5.74, 6) is 0.442. The number of hydrogen-bond donors (Lipinski definition) is 0. The van der Waals surface area contributed by atoms with Crippen LogP contribution in [0.25, 0.3) is 0 Å². The zero-order valence-corrected chi connectivity index (χ0v) is 11.5. The molecule has 0 atom stereocenters. The van der Waals surface area contributed by atoms with E-state index in [9.17, 15) is 4.79 Å². The lowest BCUT2D eigenvalue weighted by Gasteiger charge is -2.09. The summed E-state index contributed by atoms with van der Waals surface area (Å²) in [5, 5.41) is 0. The Bertz CT molecular complexity index is 161. The Labute approximate surface area is 101 Å². The summed E-state index contributed by atoms with van der Waals surface area (Å²) in [7, 11) is 8.29. The fourth-order valence-corrected chi connectivity index (χ4v) is 1.63. The van der Waals surface area contributed by atoms with Gasteiger partial charge in [0, 0.05) is 12.8 Å². The second-order valence-corrected chi connectivity index (χ2v) is 5.06. The fraction of sp³-hybridized carbons (Fsp3) is 0.923. The van der Waals surface area contributed by atoms with Gasteiger partial charge in [0.25, 0.3) is 0 Å². The smallest absolute Gasteiger partial charge is 0.132 e. The van der Waals surface area contributed by atoms with E-state index in [0.717, 1.165) is 51.6 Å². The van der Waals surface area contributed by atoms with Gasteiger partial charge in [0.05, 0.1) is 0 Å². The van der Waals surface area contributed by atoms with Gasteiger partial charge in [-0.3, -0.25) is 4.79 Å². The summed E-state index contributed by atoms with van der Waals surface area (Å²) in [6.07, 6.45) is 5.91. The molecule has 0 aliphatic carbocycles. The molecule has 0 aromatic heterocycles. The number of carbonyl (C=O) groups is 1. The van der Waals surface area contributed by atoms with Crippen LogP contribution in [0.1, 0.15) is 38.5 Å². The largest absolute Gasteiger partial charge is 0.309 e. The molecular formula is C13H28N2O. The summed E-state index contributed by atoms with van der Waals surface area (Å²) < 4.78 is 0. The summed E-state index contributed by atoms with van der Waals surface area (Å²) in [5.41, 5.74) is 0. The number of rotatable bonds is 10. The van der Waals surface area contributed by atoms with Crippen molar-refractivity contribution in [2.75, 3.05) is 41.3 Å². The van der Waals surface area contributed by atoms with Crippen LogP contribution in [0.15, 0.2) is 0 Å². The molecule has 0 N–H and O–H groups in total. The van der Waals surface area contributed by atoms with E-state index < -0.39 is 0 Å². The molecular weight excluding hydrogens is 200 g/mol. The summed E-state index contributed by atoms with van der Waals surface area (Å²) in [4.78, 5) is 15.8. The average molecular weight is 228 g/mol. The van der Waals surface area contributed by atoms with Gasteiger partial charge < -0.3 is 9.80 Å². The number of ketones is 1. The molecule has 0 aromatic rings. The highest BCUT2D eigenvalue weighted by Gasteiger charge is 2.02. The van der Waals surface area contributed by atoms with Gasteiger partial charge in [-0.15, -0.1) is 0 Å². The maximum absolute atomic E-state index is 11.5. The van der Waals surface area contributed by atoms with Crippen LogP contribution >= 0.6 is 0 Å². The van der Waals surface area contributed by atoms with Crippen LogP contribution in [0.2, 0.25) is 0 Å². The van der Waals surface area contributed by atoms with Crippen molar-refractivity contribution in [2.24, 2.45) is 0 Å². The van der Waals surface area contributed by atoms with Crippen molar-refractivity contribution < 1.29 is 4.79 Å². The predicted octanol–water partition coefficient (Wildman–Crippen LogP) is 2.02. The quantitative estimate of drug-likeness (QED) is 0.534. The third-order valence-corrected chi connectivity index (χ3v) is 2.62. The lowest BCUT2D eigenvalue weighted by atomic mass is 10.1. The van der Waals surface area contributed by atoms with Gasteiger partial charge in [0.2, 0.25) is 0 Å². The number of carbonyl (C=O) groups excluding carboxylic acids is 1. The van der Waals surface area contributed by atoms with Crippen LogP contribution < -0.4 is 0 Å². The molecule has 0 spiro atoms. The first kappa shape index (κ1) is 15.6. The first-order valence-electron chi connectivity index (χ1n) is 6.33. The second kappa shape index (κ2) is 9.79.